The number of hydrogen-bond acceptors (Lipinski definition) is 4. The summed E-state index contributed by atoms with van der Waals surface area (Å²) in [5.41, 5.74) is 0.695. The van der Waals surface area contributed by atoms with Gasteiger partial charge in [-0.2, -0.15) is 0 Å². The lowest BCUT2D eigenvalue weighted by Crippen LogP contribution is -2.27. The van der Waals surface area contributed by atoms with Gasteiger partial charge in [-0.25, -0.2) is 4.79 Å². The third-order valence-corrected chi connectivity index (χ3v) is 2.83. The smallest absolute Gasteiger partial charge is 0.354 e. The van der Waals surface area contributed by atoms with Gasteiger partial charge in [0.25, 0.3) is 5.91 Å². The van der Waals surface area contributed by atoms with Crippen molar-refractivity contribution in [1.82, 2.24) is 5.32 Å². The SMILES string of the molecule is COC(=O)C(=Cc1ccc(Cl)cc1)NC(=O)c1ccco1. The first-order valence-corrected chi connectivity index (χ1v) is 6.38. The monoisotopic (exact) mass is 305 g/mol. The first kappa shape index (κ1) is 14.9. The van der Waals surface area contributed by atoms with Crippen molar-refractivity contribution in [3.63, 3.8) is 0 Å². The summed E-state index contributed by atoms with van der Waals surface area (Å²) in [7, 11) is 1.23. The largest absolute Gasteiger partial charge is 0.464 e. The highest BCUT2D eigenvalue weighted by atomic mass is 35.5. The lowest BCUT2D eigenvalue weighted by Gasteiger charge is -2.07. The summed E-state index contributed by atoms with van der Waals surface area (Å²) < 4.78 is 9.61. The summed E-state index contributed by atoms with van der Waals surface area (Å²) in [5, 5.41) is 3.03. The Morgan fingerprint density at radius 3 is 2.52 bits per heavy atom. The number of nitrogens with one attached hydrogen (secondary N) is 1. The van der Waals surface area contributed by atoms with E-state index in [1.807, 2.05) is 0 Å². The summed E-state index contributed by atoms with van der Waals surface area (Å²) in [6, 6.07) is 9.85. The molecule has 0 bridgehead atoms. The van der Waals surface area contributed by atoms with Gasteiger partial charge in [-0.05, 0) is 35.9 Å². The molecular weight excluding hydrogens is 294 g/mol. The maximum atomic E-state index is 11.9. The molecule has 1 N–H and O–H groups in total. The summed E-state index contributed by atoms with van der Waals surface area (Å²) in [6.45, 7) is 0. The molecule has 1 aromatic heterocycles. The van der Waals surface area contributed by atoms with Crippen LogP contribution in [-0.2, 0) is 9.53 Å². The van der Waals surface area contributed by atoms with E-state index in [0.29, 0.717) is 10.6 Å². The van der Waals surface area contributed by atoms with Crippen LogP contribution in [0.1, 0.15) is 16.1 Å². The predicted octanol–water partition coefficient (Wildman–Crippen LogP) is 2.88. The molecule has 1 amide bonds. The zero-order valence-electron chi connectivity index (χ0n) is 11.1. The third-order valence-electron chi connectivity index (χ3n) is 2.58. The molecule has 21 heavy (non-hydrogen) atoms. The quantitative estimate of drug-likeness (QED) is 0.696. The number of rotatable bonds is 4. The van der Waals surface area contributed by atoms with Crippen LogP contribution in [-0.4, -0.2) is 19.0 Å². The van der Waals surface area contributed by atoms with Crippen LogP contribution in [0.4, 0.5) is 0 Å². The van der Waals surface area contributed by atoms with Gasteiger partial charge in [0.2, 0.25) is 0 Å². The topological polar surface area (TPSA) is 68.5 Å². The van der Waals surface area contributed by atoms with Gasteiger partial charge in [0.15, 0.2) is 5.76 Å². The highest BCUT2D eigenvalue weighted by Gasteiger charge is 2.16. The number of carbonyl (C=O) groups excluding carboxylic acids is 2. The van der Waals surface area contributed by atoms with Gasteiger partial charge in [-0.3, -0.25) is 4.79 Å². The van der Waals surface area contributed by atoms with E-state index in [1.54, 1.807) is 30.3 Å². The van der Waals surface area contributed by atoms with Crippen molar-refractivity contribution in [2.75, 3.05) is 7.11 Å². The van der Waals surface area contributed by atoms with Crippen molar-refractivity contribution < 1.29 is 18.7 Å². The Morgan fingerprint density at radius 2 is 1.95 bits per heavy atom. The summed E-state index contributed by atoms with van der Waals surface area (Å²) >= 11 is 5.80. The zero-order valence-corrected chi connectivity index (χ0v) is 11.9. The number of halogens is 1. The lowest BCUT2D eigenvalue weighted by atomic mass is 10.2. The lowest BCUT2D eigenvalue weighted by molar-refractivity contribution is -0.136. The Balaban J connectivity index is 2.24. The second-order valence-corrected chi connectivity index (χ2v) is 4.47. The highest BCUT2D eigenvalue weighted by Crippen LogP contribution is 2.13. The molecule has 5 nitrogen and oxygen atoms in total. The van der Waals surface area contributed by atoms with Crippen molar-refractivity contribution in [2.45, 2.75) is 0 Å². The van der Waals surface area contributed by atoms with Gasteiger partial charge in [-0.1, -0.05) is 23.7 Å². The van der Waals surface area contributed by atoms with Crippen molar-refractivity contribution in [3.05, 3.63) is 64.7 Å². The Morgan fingerprint density at radius 1 is 1.24 bits per heavy atom. The number of carbonyl (C=O) groups is 2. The molecule has 1 heterocycles. The van der Waals surface area contributed by atoms with E-state index >= 15 is 0 Å². The van der Waals surface area contributed by atoms with Crippen LogP contribution in [0, 0.1) is 0 Å². The molecule has 2 rings (SSSR count). The van der Waals surface area contributed by atoms with Gasteiger partial charge in [0.05, 0.1) is 13.4 Å². The molecule has 108 valence electrons. The Labute approximate surface area is 126 Å². The van der Waals surface area contributed by atoms with E-state index in [4.69, 9.17) is 16.0 Å². The number of esters is 1. The molecule has 1 aromatic carbocycles. The maximum absolute atomic E-state index is 11.9. The summed E-state index contributed by atoms with van der Waals surface area (Å²) in [4.78, 5) is 23.6. The number of furan rings is 1. The first-order valence-electron chi connectivity index (χ1n) is 6.00. The second kappa shape index (κ2) is 6.76. The van der Waals surface area contributed by atoms with Gasteiger partial charge in [0.1, 0.15) is 5.70 Å². The Hall–Kier alpha value is -2.53. The molecular formula is C15H12ClNO4. The van der Waals surface area contributed by atoms with Crippen LogP contribution in [0.5, 0.6) is 0 Å². The van der Waals surface area contributed by atoms with Gasteiger partial charge in [0, 0.05) is 5.02 Å². The zero-order chi connectivity index (χ0) is 15.2. The average molecular weight is 306 g/mol. The normalized spacial score (nSPS) is 11.0. The fourth-order valence-corrected chi connectivity index (χ4v) is 1.70. The maximum Gasteiger partial charge on any atom is 0.354 e. The minimum absolute atomic E-state index is 0.00113. The molecule has 6 heteroatoms. The van der Waals surface area contributed by atoms with Gasteiger partial charge in [-0.15, -0.1) is 0 Å². The van der Waals surface area contributed by atoms with Gasteiger partial charge >= 0.3 is 5.97 Å². The summed E-state index contributed by atoms with van der Waals surface area (Å²) in [5.74, 6) is -1.10. The second-order valence-electron chi connectivity index (χ2n) is 4.03. The standard InChI is InChI=1S/C15H12ClNO4/c1-20-15(19)12(9-10-4-6-11(16)7-5-10)17-14(18)13-3-2-8-21-13/h2-9H,1H3,(H,17,18). The van der Waals surface area contributed by atoms with Crippen LogP contribution in [0.3, 0.4) is 0 Å². The molecule has 0 unspecified atom stereocenters. The molecule has 0 aliphatic rings. The molecule has 0 saturated heterocycles. The number of benzene rings is 1. The van der Waals surface area contributed by atoms with E-state index in [0.717, 1.165) is 0 Å². The van der Waals surface area contributed by atoms with Crippen LogP contribution >= 0.6 is 11.6 Å². The molecule has 0 fully saturated rings. The molecule has 0 spiro atoms. The van der Waals surface area contributed by atoms with Crippen LogP contribution in [0.2, 0.25) is 5.02 Å². The fourth-order valence-electron chi connectivity index (χ4n) is 1.57. The van der Waals surface area contributed by atoms with Crippen molar-refractivity contribution >= 4 is 29.6 Å². The predicted molar refractivity (Wildman–Crippen MR) is 77.6 cm³/mol. The van der Waals surface area contributed by atoms with E-state index < -0.39 is 11.9 Å². The Kier molecular flexibility index (Phi) is 4.79. The summed E-state index contributed by atoms with van der Waals surface area (Å²) in [6.07, 6.45) is 2.86. The van der Waals surface area contributed by atoms with Crippen LogP contribution in [0.15, 0.2) is 52.8 Å². The first-order chi connectivity index (χ1) is 10.1. The van der Waals surface area contributed by atoms with Crippen molar-refractivity contribution in [3.8, 4) is 0 Å². The number of ether oxygens (including phenoxy) is 1. The van der Waals surface area contributed by atoms with E-state index in [-0.39, 0.29) is 11.5 Å². The van der Waals surface area contributed by atoms with E-state index in [9.17, 15) is 9.59 Å². The van der Waals surface area contributed by atoms with Crippen molar-refractivity contribution in [1.29, 1.82) is 0 Å². The number of methoxy groups -OCH3 is 1. The molecule has 0 aliphatic heterocycles. The average Bonchev–Trinajstić information content (AvgIpc) is 3.02. The molecule has 0 atom stereocenters. The van der Waals surface area contributed by atoms with Crippen molar-refractivity contribution in [2.24, 2.45) is 0 Å². The minimum atomic E-state index is -0.662. The molecule has 2 aromatic rings. The number of hydrogen-bond donors (Lipinski definition) is 1. The van der Waals surface area contributed by atoms with E-state index in [2.05, 4.69) is 10.1 Å². The van der Waals surface area contributed by atoms with Crippen LogP contribution < -0.4 is 5.32 Å². The number of amides is 1. The molecule has 0 radical (unpaired) electrons. The third kappa shape index (κ3) is 3.97. The highest BCUT2D eigenvalue weighted by molar-refractivity contribution is 6.30. The minimum Gasteiger partial charge on any atom is -0.464 e. The molecule has 0 aliphatic carbocycles. The van der Waals surface area contributed by atoms with Crippen LogP contribution in [0.25, 0.3) is 6.08 Å². The van der Waals surface area contributed by atoms with Gasteiger partial charge < -0.3 is 14.5 Å². The van der Waals surface area contributed by atoms with E-state index in [1.165, 1.54) is 25.5 Å². The molecule has 0 saturated carbocycles. The fraction of sp³-hybridized carbons (Fsp3) is 0.0667. The Bertz CT molecular complexity index is 659.